The maximum Gasteiger partial charge on any atom is 0.340 e. The zero-order valence-electron chi connectivity index (χ0n) is 8.96. The molecular formula is C12H12N2O2. The molecule has 0 aliphatic carbocycles. The van der Waals surface area contributed by atoms with Gasteiger partial charge in [0.15, 0.2) is 0 Å². The number of hydrogen-bond acceptors (Lipinski definition) is 3. The van der Waals surface area contributed by atoms with Crippen molar-refractivity contribution in [2.24, 2.45) is 0 Å². The number of carbonyl (C=O) groups excluding carboxylic acids is 1. The van der Waals surface area contributed by atoms with E-state index in [1.807, 2.05) is 12.1 Å². The fraction of sp³-hybridized carbons (Fsp3) is 0.250. The van der Waals surface area contributed by atoms with Gasteiger partial charge in [-0.1, -0.05) is 0 Å². The number of hydrogen-bond donors (Lipinski definition) is 2. The van der Waals surface area contributed by atoms with E-state index >= 15 is 0 Å². The Kier molecular flexibility index (Phi) is 1.89. The Morgan fingerprint density at radius 3 is 3.12 bits per heavy atom. The van der Waals surface area contributed by atoms with Crippen LogP contribution < -0.4 is 5.32 Å². The molecule has 3 rings (SSSR count). The molecule has 2 aromatic rings. The average molecular weight is 216 g/mol. The molecule has 0 atom stereocenters. The van der Waals surface area contributed by atoms with E-state index in [1.54, 1.807) is 6.20 Å². The number of ether oxygens (including phenoxy) is 1. The third kappa shape index (κ3) is 1.13. The van der Waals surface area contributed by atoms with Crippen LogP contribution in [0, 0.1) is 0 Å². The van der Waals surface area contributed by atoms with Crippen LogP contribution in [0.1, 0.15) is 15.9 Å². The smallest absolute Gasteiger partial charge is 0.340 e. The second-order valence-corrected chi connectivity index (χ2v) is 3.88. The van der Waals surface area contributed by atoms with Gasteiger partial charge in [0.1, 0.15) is 0 Å². The van der Waals surface area contributed by atoms with Gasteiger partial charge in [-0.05, 0) is 24.1 Å². The molecule has 1 aliphatic rings. The topological polar surface area (TPSA) is 54.1 Å². The van der Waals surface area contributed by atoms with Crippen LogP contribution in [-0.4, -0.2) is 24.6 Å². The highest BCUT2D eigenvalue weighted by atomic mass is 16.5. The molecule has 16 heavy (non-hydrogen) atoms. The number of esters is 1. The Hall–Kier alpha value is -1.97. The molecule has 2 heterocycles. The zero-order chi connectivity index (χ0) is 11.1. The third-order valence-electron chi connectivity index (χ3n) is 3.05. The molecule has 0 bridgehead atoms. The van der Waals surface area contributed by atoms with Gasteiger partial charge in [0.05, 0.1) is 12.7 Å². The summed E-state index contributed by atoms with van der Waals surface area (Å²) in [4.78, 5) is 14.7. The normalized spacial score (nSPS) is 13.6. The molecule has 0 spiro atoms. The van der Waals surface area contributed by atoms with E-state index in [-0.39, 0.29) is 5.97 Å². The number of carbonyl (C=O) groups is 1. The monoisotopic (exact) mass is 216 g/mol. The summed E-state index contributed by atoms with van der Waals surface area (Å²) in [5.41, 5.74) is 3.94. The fourth-order valence-corrected chi connectivity index (χ4v) is 2.32. The number of aromatic nitrogens is 1. The molecule has 4 heteroatoms. The molecule has 4 nitrogen and oxygen atoms in total. The summed E-state index contributed by atoms with van der Waals surface area (Å²) in [5.74, 6) is -0.286. The molecule has 0 unspecified atom stereocenters. The molecule has 1 aromatic carbocycles. The maximum atomic E-state index is 11.6. The maximum absolute atomic E-state index is 11.6. The first-order chi connectivity index (χ1) is 7.81. The summed E-state index contributed by atoms with van der Waals surface area (Å²) in [6, 6.07) is 4.03. The summed E-state index contributed by atoms with van der Waals surface area (Å²) in [6.45, 7) is 0.931. The number of benzene rings is 1. The van der Waals surface area contributed by atoms with Crippen molar-refractivity contribution in [2.45, 2.75) is 6.42 Å². The molecule has 1 aromatic heterocycles. The molecular weight excluding hydrogens is 204 g/mol. The highest BCUT2D eigenvalue weighted by molar-refractivity contribution is 6.07. The highest BCUT2D eigenvalue weighted by Gasteiger charge is 2.20. The number of aromatic amines is 1. The largest absolute Gasteiger partial charge is 0.465 e. The second kappa shape index (κ2) is 3.27. The van der Waals surface area contributed by atoms with E-state index in [2.05, 4.69) is 10.3 Å². The van der Waals surface area contributed by atoms with E-state index in [9.17, 15) is 4.79 Å². The van der Waals surface area contributed by atoms with Crippen LogP contribution in [-0.2, 0) is 11.2 Å². The quantitative estimate of drug-likeness (QED) is 0.716. The van der Waals surface area contributed by atoms with Crippen LogP contribution in [0.25, 0.3) is 10.9 Å². The molecule has 82 valence electrons. The molecule has 0 amide bonds. The fourth-order valence-electron chi connectivity index (χ4n) is 2.32. The van der Waals surface area contributed by atoms with Gasteiger partial charge in [-0.2, -0.15) is 0 Å². The number of anilines is 1. The van der Waals surface area contributed by atoms with Crippen molar-refractivity contribution in [2.75, 3.05) is 19.0 Å². The van der Waals surface area contributed by atoms with Gasteiger partial charge in [0, 0.05) is 29.3 Å². The van der Waals surface area contributed by atoms with Crippen LogP contribution in [0.3, 0.4) is 0 Å². The van der Waals surface area contributed by atoms with Crippen LogP contribution in [0.4, 0.5) is 5.69 Å². The van der Waals surface area contributed by atoms with Crippen LogP contribution in [0.15, 0.2) is 18.3 Å². The van der Waals surface area contributed by atoms with Crippen molar-refractivity contribution in [3.8, 4) is 0 Å². The van der Waals surface area contributed by atoms with E-state index in [0.717, 1.165) is 29.6 Å². The molecule has 2 N–H and O–H groups in total. The lowest BCUT2D eigenvalue weighted by Gasteiger charge is -2.03. The third-order valence-corrected chi connectivity index (χ3v) is 3.05. The van der Waals surface area contributed by atoms with Crippen molar-refractivity contribution in [3.63, 3.8) is 0 Å². The number of nitrogens with one attached hydrogen (secondary N) is 2. The van der Waals surface area contributed by atoms with Gasteiger partial charge in [-0.15, -0.1) is 0 Å². The van der Waals surface area contributed by atoms with Gasteiger partial charge in [-0.25, -0.2) is 4.79 Å². The Morgan fingerprint density at radius 1 is 1.44 bits per heavy atom. The Morgan fingerprint density at radius 2 is 2.31 bits per heavy atom. The Labute approximate surface area is 92.6 Å². The van der Waals surface area contributed by atoms with Gasteiger partial charge in [0.2, 0.25) is 0 Å². The minimum Gasteiger partial charge on any atom is -0.465 e. The minimum atomic E-state index is -0.286. The standard InChI is InChI=1S/C12H12N2O2/c1-16-12(15)8-6-14-10-3-2-9-7(11(8)10)4-5-13-9/h2-3,6,13-14H,4-5H2,1H3. The minimum absolute atomic E-state index is 0.286. The second-order valence-electron chi connectivity index (χ2n) is 3.88. The number of rotatable bonds is 1. The Balaban J connectivity index is 2.32. The first-order valence-corrected chi connectivity index (χ1v) is 5.26. The summed E-state index contributed by atoms with van der Waals surface area (Å²) in [5, 5.41) is 4.29. The molecule has 0 saturated heterocycles. The van der Waals surface area contributed by atoms with Gasteiger partial charge in [0.25, 0.3) is 0 Å². The SMILES string of the molecule is COC(=O)c1c[nH]c2ccc3c(c12)CCN3. The summed E-state index contributed by atoms with van der Waals surface area (Å²) in [7, 11) is 1.41. The zero-order valence-corrected chi connectivity index (χ0v) is 8.96. The van der Waals surface area contributed by atoms with Gasteiger partial charge < -0.3 is 15.0 Å². The van der Waals surface area contributed by atoms with Crippen molar-refractivity contribution >= 4 is 22.6 Å². The van der Waals surface area contributed by atoms with E-state index < -0.39 is 0 Å². The Bertz CT molecular complexity index is 572. The average Bonchev–Trinajstić information content (AvgIpc) is 2.92. The number of fused-ring (bicyclic) bond motifs is 3. The summed E-state index contributed by atoms with van der Waals surface area (Å²) < 4.78 is 4.78. The van der Waals surface area contributed by atoms with E-state index in [0.29, 0.717) is 5.56 Å². The van der Waals surface area contributed by atoms with Gasteiger partial charge in [-0.3, -0.25) is 0 Å². The van der Waals surface area contributed by atoms with Crippen molar-refractivity contribution in [3.05, 3.63) is 29.5 Å². The molecule has 1 aliphatic heterocycles. The predicted octanol–water partition coefficient (Wildman–Crippen LogP) is 1.92. The lowest BCUT2D eigenvalue weighted by atomic mass is 10.0. The number of methoxy groups -OCH3 is 1. The lowest BCUT2D eigenvalue weighted by Crippen LogP contribution is -2.00. The van der Waals surface area contributed by atoms with E-state index in [4.69, 9.17) is 4.74 Å². The summed E-state index contributed by atoms with van der Waals surface area (Å²) >= 11 is 0. The van der Waals surface area contributed by atoms with Crippen LogP contribution in [0.5, 0.6) is 0 Å². The predicted molar refractivity (Wildman–Crippen MR) is 61.8 cm³/mol. The van der Waals surface area contributed by atoms with Crippen LogP contribution in [0.2, 0.25) is 0 Å². The van der Waals surface area contributed by atoms with Crippen molar-refractivity contribution < 1.29 is 9.53 Å². The van der Waals surface area contributed by atoms with E-state index in [1.165, 1.54) is 12.7 Å². The first-order valence-electron chi connectivity index (χ1n) is 5.26. The molecule has 0 radical (unpaired) electrons. The highest BCUT2D eigenvalue weighted by Crippen LogP contribution is 2.32. The molecule has 0 saturated carbocycles. The van der Waals surface area contributed by atoms with Gasteiger partial charge >= 0.3 is 5.97 Å². The lowest BCUT2D eigenvalue weighted by molar-refractivity contribution is 0.0603. The van der Waals surface area contributed by atoms with Crippen LogP contribution >= 0.6 is 0 Å². The molecule has 0 fully saturated rings. The van der Waals surface area contributed by atoms with Crippen molar-refractivity contribution in [1.29, 1.82) is 0 Å². The van der Waals surface area contributed by atoms with Crippen molar-refractivity contribution in [1.82, 2.24) is 4.98 Å². The summed E-state index contributed by atoms with van der Waals surface area (Å²) in [6.07, 6.45) is 2.67. The first kappa shape index (κ1) is 9.27. The number of H-pyrrole nitrogens is 1.